The Morgan fingerprint density at radius 1 is 1.03 bits per heavy atom. The number of amides is 4. The Balaban J connectivity index is 1.76. The maximum Gasteiger partial charge on any atom is 0.328 e. The first-order valence-electron chi connectivity index (χ1n) is 11.1. The second-order valence-corrected chi connectivity index (χ2v) is 7.85. The zero-order chi connectivity index (χ0) is 23.5. The van der Waals surface area contributed by atoms with Gasteiger partial charge in [-0.15, -0.1) is 0 Å². The summed E-state index contributed by atoms with van der Waals surface area (Å²) < 4.78 is 11.7. The molecule has 2 aromatic carbocycles. The van der Waals surface area contributed by atoms with Crippen molar-refractivity contribution < 1.29 is 28.7 Å². The van der Waals surface area contributed by atoms with Gasteiger partial charge in [0.05, 0.1) is 24.9 Å². The lowest BCUT2D eigenvalue weighted by molar-refractivity contribution is -0.139. The molecule has 0 bridgehead atoms. The van der Waals surface area contributed by atoms with Gasteiger partial charge in [0.1, 0.15) is 5.92 Å². The average Bonchev–Trinajstić information content (AvgIpc) is 3.31. The van der Waals surface area contributed by atoms with Gasteiger partial charge in [0.2, 0.25) is 5.91 Å². The summed E-state index contributed by atoms with van der Waals surface area (Å²) >= 11 is 0. The van der Waals surface area contributed by atoms with Crippen LogP contribution < -0.4 is 20.3 Å². The minimum absolute atomic E-state index is 0.427. The van der Waals surface area contributed by atoms with Crippen molar-refractivity contribution in [2.45, 2.75) is 38.8 Å². The second-order valence-electron chi connectivity index (χ2n) is 7.85. The predicted molar refractivity (Wildman–Crippen MR) is 119 cm³/mol. The molecule has 2 N–H and O–H groups in total. The third kappa shape index (κ3) is 4.11. The third-order valence-electron chi connectivity index (χ3n) is 5.71. The van der Waals surface area contributed by atoms with Gasteiger partial charge >= 0.3 is 6.03 Å². The van der Waals surface area contributed by atoms with E-state index in [1.165, 1.54) is 0 Å². The van der Waals surface area contributed by atoms with Crippen LogP contribution in [0.2, 0.25) is 0 Å². The number of fused-ring (bicyclic) bond motifs is 1. The summed E-state index contributed by atoms with van der Waals surface area (Å²) in [6.07, 6.45) is 0.768. The molecule has 9 nitrogen and oxygen atoms in total. The molecule has 0 radical (unpaired) electrons. The maximum absolute atomic E-state index is 13.1. The van der Waals surface area contributed by atoms with Crippen molar-refractivity contribution >= 4 is 23.5 Å². The zero-order valence-corrected chi connectivity index (χ0v) is 18.6. The number of nitrogens with zero attached hydrogens (tertiary/aromatic N) is 2. The number of hydrogen-bond acceptors (Lipinski definition) is 7. The number of primary amides is 1. The monoisotopic (exact) mass is 453 g/mol. The predicted octanol–water partition coefficient (Wildman–Crippen LogP) is 3.19. The van der Waals surface area contributed by atoms with Crippen LogP contribution >= 0.6 is 0 Å². The number of unbranched alkanes of at least 4 members (excludes halogenated alkanes) is 1. The smallest absolute Gasteiger partial charge is 0.328 e. The van der Waals surface area contributed by atoms with Crippen molar-refractivity contribution in [1.29, 1.82) is 0 Å². The molecule has 33 heavy (non-hydrogen) atoms. The Labute approximate surface area is 191 Å². The number of hydroxylamine groups is 1. The van der Waals surface area contributed by atoms with E-state index in [0.717, 1.165) is 12.8 Å². The molecule has 2 fully saturated rings. The zero-order valence-electron chi connectivity index (χ0n) is 18.6. The molecular weight excluding hydrogens is 426 g/mol. The molecule has 2 aliphatic rings. The summed E-state index contributed by atoms with van der Waals surface area (Å²) in [7, 11) is 0. The van der Waals surface area contributed by atoms with Gasteiger partial charge in [0, 0.05) is 0 Å². The molecular formula is C24H27N3O6. The number of ether oxygens (including phenoxy) is 2. The lowest BCUT2D eigenvalue weighted by Gasteiger charge is -2.28. The topological polar surface area (TPSA) is 111 Å². The summed E-state index contributed by atoms with van der Waals surface area (Å²) in [6.45, 7) is 4.94. The fraction of sp³-hybridized carbons (Fsp3) is 0.375. The summed E-state index contributed by atoms with van der Waals surface area (Å²) in [5.74, 6) is -1.24. The molecule has 0 saturated carbocycles. The Kier molecular flexibility index (Phi) is 6.50. The number of urea groups is 1. The Bertz CT molecular complexity index is 1040. The third-order valence-corrected chi connectivity index (χ3v) is 5.71. The van der Waals surface area contributed by atoms with Crippen LogP contribution in [0.5, 0.6) is 11.5 Å². The van der Waals surface area contributed by atoms with E-state index in [9.17, 15) is 14.4 Å². The number of para-hydroxylation sites is 1. The van der Waals surface area contributed by atoms with Gasteiger partial charge in [0.25, 0.3) is 5.91 Å². The maximum atomic E-state index is 13.1. The van der Waals surface area contributed by atoms with Gasteiger partial charge in [-0.2, -0.15) is 4.90 Å². The summed E-state index contributed by atoms with van der Waals surface area (Å²) in [5, 5.41) is 1.55. The van der Waals surface area contributed by atoms with Gasteiger partial charge in [-0.3, -0.25) is 14.4 Å². The number of hydrogen-bond donors (Lipinski definition) is 1. The number of rotatable bonds is 8. The number of carbonyl (C=O) groups excluding carboxylic acids is 3. The van der Waals surface area contributed by atoms with Gasteiger partial charge in [-0.1, -0.05) is 37.6 Å². The van der Waals surface area contributed by atoms with Crippen LogP contribution in [-0.4, -0.2) is 42.1 Å². The lowest BCUT2D eigenvalue weighted by atomic mass is 9.90. The first kappa shape index (κ1) is 22.6. The van der Waals surface area contributed by atoms with E-state index in [1.54, 1.807) is 17.2 Å². The Hall–Kier alpha value is -3.59. The van der Waals surface area contributed by atoms with Crippen molar-refractivity contribution in [1.82, 2.24) is 4.90 Å². The van der Waals surface area contributed by atoms with Crippen molar-refractivity contribution in [2.24, 2.45) is 11.7 Å². The summed E-state index contributed by atoms with van der Waals surface area (Å²) in [5.41, 5.74) is 6.65. The second kappa shape index (κ2) is 9.50. The minimum atomic E-state index is -1.15. The van der Waals surface area contributed by atoms with E-state index in [2.05, 4.69) is 6.92 Å². The van der Waals surface area contributed by atoms with Gasteiger partial charge in [0.15, 0.2) is 17.6 Å². The highest BCUT2D eigenvalue weighted by Gasteiger charge is 2.61. The number of imide groups is 3. The van der Waals surface area contributed by atoms with E-state index in [0.29, 0.717) is 40.9 Å². The average molecular weight is 453 g/mol. The molecule has 3 atom stereocenters. The molecule has 2 saturated heterocycles. The van der Waals surface area contributed by atoms with E-state index in [4.69, 9.17) is 20.0 Å². The van der Waals surface area contributed by atoms with Crippen LogP contribution in [0.3, 0.4) is 0 Å². The molecule has 2 aromatic rings. The normalized spacial score (nSPS) is 21.9. The van der Waals surface area contributed by atoms with E-state index >= 15 is 0 Å². The number of nitrogens with two attached hydrogens (primary N) is 1. The van der Waals surface area contributed by atoms with Gasteiger partial charge in [-0.05, 0) is 43.2 Å². The number of carbonyl (C=O) groups is 3. The molecule has 0 aliphatic carbocycles. The number of anilines is 1. The van der Waals surface area contributed by atoms with Crippen LogP contribution in [0.1, 0.15) is 38.3 Å². The van der Waals surface area contributed by atoms with Crippen LogP contribution in [0.25, 0.3) is 0 Å². The fourth-order valence-electron chi connectivity index (χ4n) is 4.19. The molecule has 0 spiro atoms. The molecule has 4 amide bonds. The lowest BCUT2D eigenvalue weighted by Crippen LogP contribution is -2.44. The van der Waals surface area contributed by atoms with Crippen LogP contribution in [0.4, 0.5) is 10.5 Å². The molecule has 9 heteroatoms. The van der Waals surface area contributed by atoms with Crippen molar-refractivity contribution in [2.75, 3.05) is 18.3 Å². The van der Waals surface area contributed by atoms with E-state index in [-0.39, 0.29) is 0 Å². The molecule has 174 valence electrons. The highest BCUT2D eigenvalue weighted by Crippen LogP contribution is 2.47. The van der Waals surface area contributed by atoms with Gasteiger partial charge in [-0.25, -0.2) is 9.86 Å². The highest BCUT2D eigenvalue weighted by molar-refractivity contribution is 6.18. The number of benzene rings is 2. The highest BCUT2D eigenvalue weighted by atomic mass is 16.7. The molecule has 0 aromatic heterocycles. The van der Waals surface area contributed by atoms with Crippen molar-refractivity contribution in [3.8, 4) is 11.5 Å². The first-order chi connectivity index (χ1) is 16.0. The van der Waals surface area contributed by atoms with Crippen LogP contribution in [0, 0.1) is 5.92 Å². The fourth-order valence-corrected chi connectivity index (χ4v) is 4.19. The summed E-state index contributed by atoms with van der Waals surface area (Å²) in [4.78, 5) is 44.0. The van der Waals surface area contributed by atoms with E-state index < -0.39 is 35.9 Å². The Morgan fingerprint density at radius 2 is 1.79 bits per heavy atom. The van der Waals surface area contributed by atoms with E-state index in [1.807, 2.05) is 43.3 Å². The molecule has 2 heterocycles. The van der Waals surface area contributed by atoms with Crippen molar-refractivity contribution in [3.05, 3.63) is 54.1 Å². The molecule has 0 unspecified atom stereocenters. The molecule has 2 aliphatic heterocycles. The van der Waals surface area contributed by atoms with Crippen LogP contribution in [0.15, 0.2) is 48.5 Å². The molecule has 4 rings (SSSR count). The minimum Gasteiger partial charge on any atom is -0.490 e. The SMILES string of the molecule is CCCCOc1ccc([C@H]2[C@H]3C(=O)N(C(N)=O)C(=O)[C@@H]3ON2c2ccccc2)cc1OCC. The van der Waals surface area contributed by atoms with Crippen LogP contribution in [-0.2, 0) is 14.4 Å². The largest absolute Gasteiger partial charge is 0.490 e. The van der Waals surface area contributed by atoms with Crippen molar-refractivity contribution in [3.63, 3.8) is 0 Å². The quantitative estimate of drug-likeness (QED) is 0.483. The number of likely N-dealkylation sites (tertiary alicyclic amines) is 1. The summed E-state index contributed by atoms with van der Waals surface area (Å²) in [6, 6.07) is 12.8. The first-order valence-corrected chi connectivity index (χ1v) is 11.1. The Morgan fingerprint density at radius 3 is 2.45 bits per heavy atom. The van der Waals surface area contributed by atoms with Gasteiger partial charge < -0.3 is 15.2 Å². The standard InChI is InChI=1S/C24H27N3O6/c1-3-5-13-32-17-12-11-15(14-18(17)31-4-2)20-19-21(23(29)26(22(19)28)24(25)30)33-27(20)16-9-7-6-8-10-16/h6-12,14,19-21H,3-5,13H2,1-2H3,(H2,25,30)/t19-,20+,21-/m1/s1.